The summed E-state index contributed by atoms with van der Waals surface area (Å²) < 4.78 is 12.4. The molecular formula is C23H25IN2O8S. The highest BCUT2D eigenvalue weighted by Gasteiger charge is 2.63. The molecule has 0 fully saturated rings. The molecule has 0 saturated heterocycles. The van der Waals surface area contributed by atoms with Gasteiger partial charge in [0, 0.05) is 20.6 Å². The maximum atomic E-state index is 13.6. The lowest BCUT2D eigenvalue weighted by atomic mass is 9.58. The first-order valence-corrected chi connectivity index (χ1v) is 13.5. The second kappa shape index (κ2) is 8.76. The van der Waals surface area contributed by atoms with Gasteiger partial charge in [0.25, 0.3) is 5.91 Å². The number of amides is 1. The Kier molecular flexibility index (Phi) is 6.50. The number of nitrogens with zero attached hydrogens (tertiary/aromatic N) is 1. The third-order valence-electron chi connectivity index (χ3n) is 7.11. The molecule has 1 aromatic rings. The quantitative estimate of drug-likeness (QED) is 0.184. The standard InChI is InChI=1S/C23H25IN2O8S/c1-26(2)16-11-5-8-4-10-12(24)6-9(7-35(3)34)17(27)14(10)18(28)13(8)20(30)23(11,33)21(31)15(19(16)29)22(25)32/h6,8,11,16,27,29-30,33H,4-5,7H2,1-3H3,(H2,25,32)/t8-,11-,16-,23-,35?/m0/s1. The van der Waals surface area contributed by atoms with Crippen LogP contribution in [0, 0.1) is 15.4 Å². The zero-order chi connectivity index (χ0) is 26.1. The van der Waals surface area contributed by atoms with Crippen LogP contribution in [0.25, 0.3) is 0 Å². The third-order valence-corrected chi connectivity index (χ3v) is 8.79. The highest BCUT2D eigenvalue weighted by atomic mass is 127. The van der Waals surface area contributed by atoms with E-state index in [0.717, 1.165) is 0 Å². The van der Waals surface area contributed by atoms with Gasteiger partial charge < -0.3 is 30.7 Å². The monoisotopic (exact) mass is 616 g/mol. The van der Waals surface area contributed by atoms with E-state index in [1.807, 2.05) is 22.6 Å². The predicted octanol–water partition coefficient (Wildman–Crippen LogP) is 0.604. The fourth-order valence-electron chi connectivity index (χ4n) is 5.65. The second-order valence-corrected chi connectivity index (χ2v) is 12.0. The van der Waals surface area contributed by atoms with Crippen LogP contribution in [-0.4, -0.2) is 79.3 Å². The number of allylic oxidation sites excluding steroid dienone is 1. The molecule has 0 bridgehead atoms. The molecule has 12 heteroatoms. The molecule has 0 spiro atoms. The van der Waals surface area contributed by atoms with Crippen LogP contribution in [0.3, 0.4) is 0 Å². The van der Waals surface area contributed by atoms with E-state index in [9.17, 15) is 39.4 Å². The van der Waals surface area contributed by atoms with Crippen LogP contribution in [0.5, 0.6) is 5.75 Å². The van der Waals surface area contributed by atoms with Crippen LogP contribution in [0.1, 0.15) is 27.9 Å². The lowest BCUT2D eigenvalue weighted by molar-refractivity contribution is -0.148. The number of hydrogen-bond donors (Lipinski definition) is 5. The Hall–Kier alpha value is -2.13. The SMILES string of the molecule is CN(C)[C@@H]1C(O)=C(C(N)=O)C(=O)[C@@]2(O)C(O)=C3C(=O)c4c(O)c(C[S+](C)[O-])cc(I)c4C[C@H]3C[C@@H]12. The van der Waals surface area contributed by atoms with Crippen molar-refractivity contribution in [2.75, 3.05) is 20.4 Å². The Balaban J connectivity index is 1.95. The summed E-state index contributed by atoms with van der Waals surface area (Å²) in [6, 6.07) is 0.632. The van der Waals surface area contributed by atoms with Crippen molar-refractivity contribution in [3.63, 3.8) is 0 Å². The minimum absolute atomic E-state index is 0.0118. The molecule has 0 aromatic heterocycles. The number of Topliss-reactive ketones (excluding diaryl/α,β-unsaturated/α-hetero) is 2. The van der Waals surface area contributed by atoms with Gasteiger partial charge in [0.1, 0.15) is 28.6 Å². The normalized spacial score (nSPS) is 29.2. The Morgan fingerprint density at radius 1 is 1.31 bits per heavy atom. The number of carbonyl (C=O) groups excluding carboxylic acids is 3. The number of likely N-dealkylation sites (N-methyl/N-ethyl adjacent to an activating group) is 1. The van der Waals surface area contributed by atoms with Crippen molar-refractivity contribution in [3.8, 4) is 5.75 Å². The molecule has 1 unspecified atom stereocenters. The van der Waals surface area contributed by atoms with Gasteiger partial charge in [0.05, 0.1) is 17.9 Å². The van der Waals surface area contributed by atoms with Gasteiger partial charge in [-0.05, 0) is 67.1 Å². The van der Waals surface area contributed by atoms with E-state index in [0.29, 0.717) is 14.7 Å². The first-order valence-electron chi connectivity index (χ1n) is 10.7. The molecule has 188 valence electrons. The number of carbonyl (C=O) groups is 3. The smallest absolute Gasteiger partial charge is 0.255 e. The molecule has 1 aromatic carbocycles. The third kappa shape index (κ3) is 3.68. The van der Waals surface area contributed by atoms with Crippen molar-refractivity contribution in [2.45, 2.75) is 30.2 Å². The van der Waals surface area contributed by atoms with Crippen molar-refractivity contribution in [1.82, 2.24) is 4.90 Å². The molecule has 0 heterocycles. The number of hydrogen-bond acceptors (Lipinski definition) is 9. The van der Waals surface area contributed by atoms with E-state index >= 15 is 0 Å². The lowest BCUT2D eigenvalue weighted by Gasteiger charge is -2.50. The van der Waals surface area contributed by atoms with E-state index < -0.39 is 69.2 Å². The molecule has 0 aliphatic heterocycles. The summed E-state index contributed by atoms with van der Waals surface area (Å²) in [7, 11) is 3.15. The molecule has 1 amide bonds. The Bertz CT molecular complexity index is 1240. The predicted molar refractivity (Wildman–Crippen MR) is 134 cm³/mol. The van der Waals surface area contributed by atoms with Gasteiger partial charge in [-0.25, -0.2) is 0 Å². The van der Waals surface area contributed by atoms with Crippen molar-refractivity contribution in [2.24, 2.45) is 17.6 Å². The van der Waals surface area contributed by atoms with Crippen molar-refractivity contribution >= 4 is 51.2 Å². The summed E-state index contributed by atoms with van der Waals surface area (Å²) in [4.78, 5) is 40.4. The number of ketones is 2. The summed E-state index contributed by atoms with van der Waals surface area (Å²) in [6.07, 6.45) is 1.71. The summed E-state index contributed by atoms with van der Waals surface area (Å²) in [6.45, 7) is 0. The number of benzene rings is 1. The average Bonchev–Trinajstić information content (AvgIpc) is 2.73. The maximum Gasteiger partial charge on any atom is 0.255 e. The topological polar surface area (TPSA) is 184 Å². The number of phenolic OH excluding ortho intramolecular Hbond substituents is 1. The van der Waals surface area contributed by atoms with Gasteiger partial charge in [-0.1, -0.05) is 11.2 Å². The Morgan fingerprint density at radius 2 is 1.94 bits per heavy atom. The van der Waals surface area contributed by atoms with Crippen LogP contribution in [0.15, 0.2) is 28.7 Å². The first-order chi connectivity index (χ1) is 16.2. The Morgan fingerprint density at radius 3 is 2.49 bits per heavy atom. The van der Waals surface area contributed by atoms with E-state index in [-0.39, 0.29) is 35.5 Å². The summed E-state index contributed by atoms with van der Waals surface area (Å²) in [5.41, 5.74) is 2.37. The number of aliphatic hydroxyl groups is 3. The zero-order valence-corrected chi connectivity index (χ0v) is 22.1. The minimum Gasteiger partial charge on any atom is -0.616 e. The average molecular weight is 616 g/mol. The summed E-state index contributed by atoms with van der Waals surface area (Å²) in [5, 5.41) is 44.5. The molecule has 0 saturated carbocycles. The van der Waals surface area contributed by atoms with Gasteiger partial charge in [-0.3, -0.25) is 19.3 Å². The van der Waals surface area contributed by atoms with Crippen LogP contribution in [0.2, 0.25) is 0 Å². The maximum absolute atomic E-state index is 13.6. The summed E-state index contributed by atoms with van der Waals surface area (Å²) in [5.74, 6) is -6.85. The number of aromatic hydroxyl groups is 1. The first kappa shape index (κ1) is 25.9. The van der Waals surface area contributed by atoms with Gasteiger partial charge in [-0.2, -0.15) is 0 Å². The molecule has 4 rings (SSSR count). The van der Waals surface area contributed by atoms with E-state index in [1.165, 1.54) is 11.2 Å². The number of phenols is 1. The van der Waals surface area contributed by atoms with Crippen LogP contribution in [-0.2, 0) is 32.9 Å². The van der Waals surface area contributed by atoms with Crippen molar-refractivity contribution < 1.29 is 39.4 Å². The fraction of sp³-hybridized carbons (Fsp3) is 0.435. The number of rotatable bonds is 4. The van der Waals surface area contributed by atoms with Crippen LogP contribution >= 0.6 is 22.6 Å². The number of aliphatic hydroxyl groups excluding tert-OH is 2. The van der Waals surface area contributed by atoms with Gasteiger partial charge in [0.2, 0.25) is 5.78 Å². The largest absolute Gasteiger partial charge is 0.616 e. The van der Waals surface area contributed by atoms with Gasteiger partial charge >= 0.3 is 0 Å². The number of nitrogens with two attached hydrogens (primary N) is 1. The number of halogens is 1. The molecule has 3 aliphatic rings. The number of primary amides is 1. The molecule has 5 atom stereocenters. The van der Waals surface area contributed by atoms with Crippen LogP contribution < -0.4 is 5.73 Å². The van der Waals surface area contributed by atoms with E-state index in [4.69, 9.17) is 5.73 Å². The van der Waals surface area contributed by atoms with E-state index in [2.05, 4.69) is 0 Å². The van der Waals surface area contributed by atoms with Crippen LogP contribution in [0.4, 0.5) is 0 Å². The molecule has 10 nitrogen and oxygen atoms in total. The minimum atomic E-state index is -2.67. The van der Waals surface area contributed by atoms with Crippen molar-refractivity contribution in [3.05, 3.63) is 49.0 Å². The second-order valence-electron chi connectivity index (χ2n) is 9.40. The number of fused-ring (bicyclic) bond motifs is 3. The molecule has 6 N–H and O–H groups in total. The highest BCUT2D eigenvalue weighted by molar-refractivity contribution is 14.1. The molecule has 0 radical (unpaired) electrons. The zero-order valence-electron chi connectivity index (χ0n) is 19.2. The molecule has 3 aliphatic carbocycles. The summed E-state index contributed by atoms with van der Waals surface area (Å²) >= 11 is 0.733. The lowest BCUT2D eigenvalue weighted by Crippen LogP contribution is -2.63. The van der Waals surface area contributed by atoms with Gasteiger partial charge in [-0.15, -0.1) is 0 Å². The molecule has 35 heavy (non-hydrogen) atoms. The highest BCUT2D eigenvalue weighted by Crippen LogP contribution is 2.52. The van der Waals surface area contributed by atoms with Crippen molar-refractivity contribution in [1.29, 1.82) is 0 Å². The fourth-order valence-corrected chi connectivity index (χ4v) is 7.18. The molecular weight excluding hydrogens is 591 g/mol. The van der Waals surface area contributed by atoms with Gasteiger partial charge in [0.15, 0.2) is 11.4 Å². The van der Waals surface area contributed by atoms with E-state index in [1.54, 1.807) is 20.2 Å². The Labute approximate surface area is 217 Å².